The number of cyclic esters (lactones) is 1. The van der Waals surface area contributed by atoms with E-state index in [0.29, 0.717) is 27.7 Å². The first-order chi connectivity index (χ1) is 10.7. The van der Waals surface area contributed by atoms with Gasteiger partial charge in [0, 0.05) is 0 Å². The molecule has 10 heteroatoms. The SMILES string of the molecule is CC(=O)C(O)(C(C)=O)[C@@](O)(C(C)=O)[C@@]1(C(C)=O)OC(=O)C(O)=C1O. The molecule has 0 aliphatic carbocycles. The Morgan fingerprint density at radius 1 is 0.917 bits per heavy atom. The number of hydrogen-bond acceptors (Lipinski definition) is 10. The third kappa shape index (κ3) is 1.93. The molecule has 0 aromatic carbocycles. The third-order valence-electron chi connectivity index (χ3n) is 4.05. The molecule has 24 heavy (non-hydrogen) atoms. The van der Waals surface area contributed by atoms with Gasteiger partial charge >= 0.3 is 5.97 Å². The molecule has 1 heterocycles. The van der Waals surface area contributed by atoms with Crippen molar-refractivity contribution in [2.75, 3.05) is 0 Å². The maximum atomic E-state index is 12.1. The fraction of sp³-hybridized carbons (Fsp3) is 0.500. The van der Waals surface area contributed by atoms with Crippen LogP contribution in [0.15, 0.2) is 11.5 Å². The number of carbonyl (C=O) groups excluding carboxylic acids is 5. The van der Waals surface area contributed by atoms with Crippen molar-refractivity contribution in [2.24, 2.45) is 0 Å². The number of hydrogen-bond donors (Lipinski definition) is 4. The molecule has 2 atom stereocenters. The first-order valence-electron chi connectivity index (χ1n) is 6.57. The van der Waals surface area contributed by atoms with Gasteiger partial charge in [0.05, 0.1) is 0 Å². The molecule has 1 aliphatic heterocycles. The molecule has 0 saturated heterocycles. The van der Waals surface area contributed by atoms with E-state index < -0.39 is 57.4 Å². The predicted octanol–water partition coefficient (Wildman–Crippen LogP) is -1.57. The highest BCUT2D eigenvalue weighted by Crippen LogP contribution is 2.46. The Morgan fingerprint density at radius 2 is 1.33 bits per heavy atom. The van der Waals surface area contributed by atoms with Crippen molar-refractivity contribution in [3.05, 3.63) is 11.5 Å². The number of aliphatic hydroxyl groups is 4. The zero-order valence-corrected chi connectivity index (χ0v) is 13.2. The van der Waals surface area contributed by atoms with E-state index in [-0.39, 0.29) is 0 Å². The van der Waals surface area contributed by atoms with Crippen LogP contribution in [0.5, 0.6) is 0 Å². The third-order valence-corrected chi connectivity index (χ3v) is 4.05. The lowest BCUT2D eigenvalue weighted by atomic mass is 9.63. The lowest BCUT2D eigenvalue weighted by Crippen LogP contribution is -2.78. The maximum absolute atomic E-state index is 12.1. The van der Waals surface area contributed by atoms with Crippen LogP contribution in [-0.4, -0.2) is 66.3 Å². The summed E-state index contributed by atoms with van der Waals surface area (Å²) in [7, 11) is 0. The highest BCUT2D eigenvalue weighted by molar-refractivity contribution is 6.18. The van der Waals surface area contributed by atoms with Crippen molar-refractivity contribution < 1.29 is 49.1 Å². The van der Waals surface area contributed by atoms with Crippen LogP contribution in [-0.2, 0) is 28.7 Å². The molecule has 0 bridgehead atoms. The number of aliphatic hydroxyl groups excluding tert-OH is 2. The maximum Gasteiger partial charge on any atom is 0.378 e. The molecule has 0 fully saturated rings. The Labute approximate surface area is 135 Å². The van der Waals surface area contributed by atoms with Gasteiger partial charge in [0.25, 0.3) is 5.60 Å². The van der Waals surface area contributed by atoms with Crippen LogP contribution in [0.2, 0.25) is 0 Å². The average Bonchev–Trinajstić information content (AvgIpc) is 2.70. The van der Waals surface area contributed by atoms with Crippen molar-refractivity contribution in [3.63, 3.8) is 0 Å². The minimum atomic E-state index is -3.71. The molecule has 0 aromatic rings. The van der Waals surface area contributed by atoms with E-state index in [1.54, 1.807) is 0 Å². The fourth-order valence-corrected chi connectivity index (χ4v) is 2.75. The van der Waals surface area contributed by atoms with E-state index in [0.717, 1.165) is 0 Å². The molecule has 0 aromatic heterocycles. The summed E-state index contributed by atoms with van der Waals surface area (Å²) in [5.74, 6) is -10.7. The zero-order chi connectivity index (χ0) is 19.2. The van der Waals surface area contributed by atoms with Gasteiger partial charge < -0.3 is 25.2 Å². The second kappa shape index (κ2) is 5.49. The fourth-order valence-electron chi connectivity index (χ4n) is 2.75. The van der Waals surface area contributed by atoms with Crippen LogP contribution in [0.3, 0.4) is 0 Å². The van der Waals surface area contributed by atoms with Crippen LogP contribution >= 0.6 is 0 Å². The highest BCUT2D eigenvalue weighted by atomic mass is 16.6. The molecule has 0 saturated carbocycles. The Kier molecular flexibility index (Phi) is 4.45. The molecule has 1 aliphatic rings. The molecule has 0 unspecified atom stereocenters. The monoisotopic (exact) mass is 344 g/mol. The van der Waals surface area contributed by atoms with Crippen LogP contribution in [0.4, 0.5) is 0 Å². The summed E-state index contributed by atoms with van der Waals surface area (Å²) < 4.78 is 4.51. The van der Waals surface area contributed by atoms with Crippen LogP contribution in [0, 0.1) is 0 Å². The second-order valence-electron chi connectivity index (χ2n) is 5.41. The number of carbonyl (C=O) groups is 5. The van der Waals surface area contributed by atoms with Gasteiger partial charge in [-0.25, -0.2) is 4.79 Å². The molecule has 0 amide bonds. The quantitative estimate of drug-likeness (QED) is 0.325. The molecular weight excluding hydrogens is 328 g/mol. The predicted molar refractivity (Wildman–Crippen MR) is 73.7 cm³/mol. The number of ether oxygens (including phenoxy) is 1. The van der Waals surface area contributed by atoms with E-state index in [9.17, 15) is 44.4 Å². The summed E-state index contributed by atoms with van der Waals surface area (Å²) in [6.45, 7) is 2.52. The summed E-state index contributed by atoms with van der Waals surface area (Å²) in [4.78, 5) is 59.4. The minimum absolute atomic E-state index is 0.595. The Morgan fingerprint density at radius 3 is 1.54 bits per heavy atom. The van der Waals surface area contributed by atoms with Gasteiger partial charge in [0.2, 0.25) is 17.0 Å². The minimum Gasteiger partial charge on any atom is -0.504 e. The summed E-state index contributed by atoms with van der Waals surface area (Å²) in [5, 5.41) is 40.8. The summed E-state index contributed by atoms with van der Waals surface area (Å²) >= 11 is 0. The first-order valence-corrected chi connectivity index (χ1v) is 6.57. The zero-order valence-electron chi connectivity index (χ0n) is 13.2. The number of Topliss-reactive ketones (excluding diaryl/α,β-unsaturated/α-hetero) is 4. The Balaban J connectivity index is 4.05. The Hall–Kier alpha value is -2.59. The van der Waals surface area contributed by atoms with Crippen molar-refractivity contribution in [1.29, 1.82) is 0 Å². The number of rotatable bonds is 6. The molecule has 0 radical (unpaired) electrons. The van der Waals surface area contributed by atoms with Gasteiger partial charge in [0.1, 0.15) is 0 Å². The Bertz CT molecular complexity index is 688. The van der Waals surface area contributed by atoms with Crippen molar-refractivity contribution in [2.45, 2.75) is 44.5 Å². The van der Waals surface area contributed by atoms with Crippen LogP contribution in [0.25, 0.3) is 0 Å². The van der Waals surface area contributed by atoms with Gasteiger partial charge in [-0.2, -0.15) is 0 Å². The summed E-state index contributed by atoms with van der Waals surface area (Å²) in [5.41, 5.74) is -10.6. The van der Waals surface area contributed by atoms with Gasteiger partial charge in [0.15, 0.2) is 28.9 Å². The smallest absolute Gasteiger partial charge is 0.378 e. The molecule has 132 valence electrons. The van der Waals surface area contributed by atoms with Gasteiger partial charge in [-0.15, -0.1) is 0 Å². The normalized spacial score (nSPS) is 23.5. The molecular formula is C14H16O10. The van der Waals surface area contributed by atoms with Crippen molar-refractivity contribution in [1.82, 2.24) is 0 Å². The molecule has 4 N–H and O–H groups in total. The van der Waals surface area contributed by atoms with Crippen LogP contribution < -0.4 is 0 Å². The van der Waals surface area contributed by atoms with E-state index in [1.165, 1.54) is 0 Å². The number of ketones is 4. The molecule has 10 nitrogen and oxygen atoms in total. The van der Waals surface area contributed by atoms with Gasteiger partial charge in [-0.3, -0.25) is 19.2 Å². The van der Waals surface area contributed by atoms with E-state index in [2.05, 4.69) is 4.74 Å². The highest BCUT2D eigenvalue weighted by Gasteiger charge is 2.78. The molecule has 1 rings (SSSR count). The summed E-state index contributed by atoms with van der Waals surface area (Å²) in [6, 6.07) is 0. The van der Waals surface area contributed by atoms with Gasteiger partial charge in [-0.1, -0.05) is 0 Å². The summed E-state index contributed by atoms with van der Waals surface area (Å²) in [6.07, 6.45) is 0. The topological polar surface area (TPSA) is 175 Å². The average molecular weight is 344 g/mol. The largest absolute Gasteiger partial charge is 0.504 e. The van der Waals surface area contributed by atoms with E-state index in [1.807, 2.05) is 0 Å². The van der Waals surface area contributed by atoms with E-state index >= 15 is 0 Å². The second-order valence-corrected chi connectivity index (χ2v) is 5.41. The lowest BCUT2D eigenvalue weighted by Gasteiger charge is -2.46. The van der Waals surface area contributed by atoms with Crippen molar-refractivity contribution in [3.8, 4) is 0 Å². The first kappa shape index (κ1) is 19.5. The van der Waals surface area contributed by atoms with Crippen molar-refractivity contribution >= 4 is 29.1 Å². The van der Waals surface area contributed by atoms with Crippen LogP contribution in [0.1, 0.15) is 27.7 Å². The lowest BCUT2D eigenvalue weighted by molar-refractivity contribution is -0.226. The molecule has 0 spiro atoms. The standard InChI is InChI=1S/C14H16O10/c1-5(15)12(22,6(2)16)14(23,8(4)18)13(7(3)17)10(20)9(19)11(21)24-13/h19-20,22-23H,1-4H3/t13-,14-/m0/s1. The number of esters is 1. The van der Waals surface area contributed by atoms with E-state index in [4.69, 9.17) is 0 Å². The van der Waals surface area contributed by atoms with Gasteiger partial charge in [-0.05, 0) is 27.7 Å².